The van der Waals surface area contributed by atoms with Crippen molar-refractivity contribution in [2.45, 2.75) is 45.6 Å². The Morgan fingerprint density at radius 3 is 3.07 bits per heavy atom. The number of benzene rings is 1. The number of aryl methyl sites for hydroxylation is 2. The molecule has 0 radical (unpaired) electrons. The van der Waals surface area contributed by atoms with Crippen molar-refractivity contribution < 1.29 is 0 Å². The summed E-state index contributed by atoms with van der Waals surface area (Å²) in [6, 6.07) is 7.45. The summed E-state index contributed by atoms with van der Waals surface area (Å²) < 4.78 is 0. The largest absolute Gasteiger partial charge is 0.382 e. The Kier molecular flexibility index (Phi) is 2.76. The molecule has 0 spiro atoms. The van der Waals surface area contributed by atoms with Gasteiger partial charge in [0.05, 0.1) is 0 Å². The highest BCUT2D eigenvalue weighted by Crippen LogP contribution is 2.27. The SMILES string of the molecule is CCCC1CCc2ccc(C)cc2N1. The molecule has 0 saturated carbocycles. The van der Waals surface area contributed by atoms with Gasteiger partial charge in [-0.3, -0.25) is 0 Å². The van der Waals surface area contributed by atoms with E-state index in [2.05, 4.69) is 37.4 Å². The highest BCUT2D eigenvalue weighted by molar-refractivity contribution is 5.55. The van der Waals surface area contributed by atoms with E-state index in [-0.39, 0.29) is 0 Å². The molecule has 0 saturated heterocycles. The lowest BCUT2D eigenvalue weighted by Crippen LogP contribution is -2.25. The van der Waals surface area contributed by atoms with Crippen LogP contribution in [0.1, 0.15) is 37.3 Å². The molecule has 1 N–H and O–H groups in total. The summed E-state index contributed by atoms with van der Waals surface area (Å²) in [6.07, 6.45) is 5.11. The fourth-order valence-corrected chi connectivity index (χ4v) is 2.23. The number of nitrogens with one attached hydrogen (secondary N) is 1. The van der Waals surface area contributed by atoms with Crippen molar-refractivity contribution in [3.05, 3.63) is 29.3 Å². The highest BCUT2D eigenvalue weighted by Gasteiger charge is 2.16. The standard InChI is InChI=1S/C13H19N/c1-3-4-12-8-7-11-6-5-10(2)9-13(11)14-12/h5-6,9,12,14H,3-4,7-8H2,1-2H3. The van der Waals surface area contributed by atoms with E-state index in [1.165, 1.54) is 42.5 Å². The Bertz CT molecular complexity index is 317. The number of hydrogen-bond donors (Lipinski definition) is 1. The summed E-state index contributed by atoms with van der Waals surface area (Å²) in [6.45, 7) is 4.42. The van der Waals surface area contributed by atoms with Crippen LogP contribution in [0.5, 0.6) is 0 Å². The quantitative estimate of drug-likeness (QED) is 0.750. The topological polar surface area (TPSA) is 12.0 Å². The van der Waals surface area contributed by atoms with Gasteiger partial charge in [-0.2, -0.15) is 0 Å². The maximum Gasteiger partial charge on any atom is 0.0377 e. The van der Waals surface area contributed by atoms with Gasteiger partial charge in [0.1, 0.15) is 0 Å². The van der Waals surface area contributed by atoms with Crippen molar-refractivity contribution >= 4 is 5.69 Å². The molecule has 14 heavy (non-hydrogen) atoms. The van der Waals surface area contributed by atoms with E-state index in [1.54, 1.807) is 0 Å². The molecular formula is C13H19N. The molecule has 1 aromatic rings. The lowest BCUT2D eigenvalue weighted by Gasteiger charge is -2.27. The second kappa shape index (κ2) is 4.04. The molecule has 2 rings (SSSR count). The van der Waals surface area contributed by atoms with Crippen molar-refractivity contribution in [3.63, 3.8) is 0 Å². The fourth-order valence-electron chi connectivity index (χ4n) is 2.23. The number of rotatable bonds is 2. The fraction of sp³-hybridized carbons (Fsp3) is 0.538. The zero-order valence-corrected chi connectivity index (χ0v) is 9.14. The number of fused-ring (bicyclic) bond motifs is 1. The normalized spacial score (nSPS) is 20.0. The summed E-state index contributed by atoms with van der Waals surface area (Å²) >= 11 is 0. The first-order valence-corrected chi connectivity index (χ1v) is 5.65. The van der Waals surface area contributed by atoms with E-state index < -0.39 is 0 Å². The van der Waals surface area contributed by atoms with Crippen LogP contribution in [0, 0.1) is 6.92 Å². The van der Waals surface area contributed by atoms with E-state index in [1.807, 2.05) is 0 Å². The second-order valence-electron chi connectivity index (χ2n) is 4.33. The van der Waals surface area contributed by atoms with Gasteiger partial charge in [0, 0.05) is 11.7 Å². The summed E-state index contributed by atoms with van der Waals surface area (Å²) in [5.41, 5.74) is 4.21. The molecular weight excluding hydrogens is 170 g/mol. The van der Waals surface area contributed by atoms with Crippen molar-refractivity contribution in [2.24, 2.45) is 0 Å². The highest BCUT2D eigenvalue weighted by atomic mass is 14.9. The Morgan fingerprint density at radius 2 is 2.29 bits per heavy atom. The van der Waals surface area contributed by atoms with Crippen molar-refractivity contribution in [1.29, 1.82) is 0 Å². The molecule has 0 bridgehead atoms. The molecule has 1 atom stereocenters. The minimum absolute atomic E-state index is 0.703. The monoisotopic (exact) mass is 189 g/mol. The van der Waals surface area contributed by atoms with Gasteiger partial charge in [-0.05, 0) is 43.4 Å². The van der Waals surface area contributed by atoms with Crippen LogP contribution in [0.15, 0.2) is 18.2 Å². The molecule has 1 unspecified atom stereocenters. The first-order chi connectivity index (χ1) is 6.79. The zero-order valence-electron chi connectivity index (χ0n) is 9.14. The number of anilines is 1. The average Bonchev–Trinajstić information content (AvgIpc) is 2.17. The van der Waals surface area contributed by atoms with Gasteiger partial charge in [-0.25, -0.2) is 0 Å². The molecule has 1 heterocycles. The molecule has 76 valence electrons. The maximum absolute atomic E-state index is 3.64. The summed E-state index contributed by atoms with van der Waals surface area (Å²) in [5, 5.41) is 3.64. The van der Waals surface area contributed by atoms with Crippen molar-refractivity contribution in [2.75, 3.05) is 5.32 Å². The Hall–Kier alpha value is -0.980. The first kappa shape index (κ1) is 9.57. The van der Waals surface area contributed by atoms with E-state index >= 15 is 0 Å². The van der Waals surface area contributed by atoms with E-state index in [4.69, 9.17) is 0 Å². The van der Waals surface area contributed by atoms with Gasteiger partial charge in [0.2, 0.25) is 0 Å². The molecule has 1 aliphatic heterocycles. The Labute approximate surface area is 86.5 Å². The van der Waals surface area contributed by atoms with Crippen LogP contribution in [-0.4, -0.2) is 6.04 Å². The number of hydrogen-bond acceptors (Lipinski definition) is 1. The third-order valence-electron chi connectivity index (χ3n) is 3.02. The summed E-state index contributed by atoms with van der Waals surface area (Å²) in [7, 11) is 0. The van der Waals surface area contributed by atoms with Crippen LogP contribution in [0.2, 0.25) is 0 Å². The van der Waals surface area contributed by atoms with Gasteiger partial charge in [0.25, 0.3) is 0 Å². The molecule has 1 aliphatic rings. The minimum atomic E-state index is 0.703. The van der Waals surface area contributed by atoms with Gasteiger partial charge in [-0.15, -0.1) is 0 Å². The van der Waals surface area contributed by atoms with E-state index in [0.717, 1.165) is 0 Å². The smallest absolute Gasteiger partial charge is 0.0377 e. The van der Waals surface area contributed by atoms with Crippen LogP contribution in [-0.2, 0) is 6.42 Å². The van der Waals surface area contributed by atoms with Crippen LogP contribution in [0.3, 0.4) is 0 Å². The first-order valence-electron chi connectivity index (χ1n) is 5.65. The molecule has 0 amide bonds. The Balaban J connectivity index is 2.16. The van der Waals surface area contributed by atoms with E-state index in [0.29, 0.717) is 6.04 Å². The molecule has 0 aromatic heterocycles. The summed E-state index contributed by atoms with van der Waals surface area (Å²) in [4.78, 5) is 0. The van der Waals surface area contributed by atoms with Crippen LogP contribution in [0.4, 0.5) is 5.69 Å². The van der Waals surface area contributed by atoms with Gasteiger partial charge in [0.15, 0.2) is 0 Å². The average molecular weight is 189 g/mol. The van der Waals surface area contributed by atoms with Gasteiger partial charge < -0.3 is 5.32 Å². The maximum atomic E-state index is 3.64. The Morgan fingerprint density at radius 1 is 1.43 bits per heavy atom. The third kappa shape index (κ3) is 1.92. The molecule has 1 aromatic carbocycles. The minimum Gasteiger partial charge on any atom is -0.382 e. The molecule has 0 fully saturated rings. The van der Waals surface area contributed by atoms with Gasteiger partial charge >= 0.3 is 0 Å². The van der Waals surface area contributed by atoms with Crippen molar-refractivity contribution in [1.82, 2.24) is 0 Å². The predicted molar refractivity (Wildman–Crippen MR) is 61.8 cm³/mol. The molecule has 1 heteroatoms. The van der Waals surface area contributed by atoms with Gasteiger partial charge in [-0.1, -0.05) is 25.5 Å². The lowest BCUT2D eigenvalue weighted by atomic mass is 9.95. The van der Waals surface area contributed by atoms with Crippen LogP contribution in [0.25, 0.3) is 0 Å². The van der Waals surface area contributed by atoms with Crippen LogP contribution < -0.4 is 5.32 Å². The second-order valence-corrected chi connectivity index (χ2v) is 4.33. The molecule has 1 nitrogen and oxygen atoms in total. The van der Waals surface area contributed by atoms with Crippen molar-refractivity contribution in [3.8, 4) is 0 Å². The van der Waals surface area contributed by atoms with Crippen LogP contribution >= 0.6 is 0 Å². The van der Waals surface area contributed by atoms with E-state index in [9.17, 15) is 0 Å². The zero-order chi connectivity index (χ0) is 9.97. The third-order valence-corrected chi connectivity index (χ3v) is 3.02. The molecule has 0 aliphatic carbocycles. The predicted octanol–water partition coefficient (Wildman–Crippen LogP) is 3.52. The lowest BCUT2D eigenvalue weighted by molar-refractivity contribution is 0.578. The summed E-state index contributed by atoms with van der Waals surface area (Å²) in [5.74, 6) is 0.